The summed E-state index contributed by atoms with van der Waals surface area (Å²) < 4.78 is 0. The molecule has 3 aromatic rings. The molecule has 1 N–H and O–H groups in total. The Morgan fingerprint density at radius 1 is 1.00 bits per heavy atom. The van der Waals surface area contributed by atoms with Crippen LogP contribution in [0.5, 0.6) is 0 Å². The number of aromatic nitrogens is 1. The standard InChI is InChI=1S/C23H25N3OS/c1-3-18-10-12-19(13-11-18)16-26(2)23(27)25-21-8-6-7-20(15-21)17-28-22-9-4-5-14-24-22/h4-15H,3,16-17H2,1-2H3,(H,25,27). The first-order valence-electron chi connectivity index (χ1n) is 9.36. The van der Waals surface area contributed by atoms with Gasteiger partial charge in [0, 0.05) is 31.2 Å². The summed E-state index contributed by atoms with van der Waals surface area (Å²) in [6, 6.07) is 22.1. The summed E-state index contributed by atoms with van der Waals surface area (Å²) in [5, 5.41) is 3.98. The van der Waals surface area contributed by atoms with Gasteiger partial charge in [0.25, 0.3) is 0 Å². The molecule has 0 atom stereocenters. The van der Waals surface area contributed by atoms with E-state index in [1.165, 1.54) is 5.56 Å². The molecule has 4 nitrogen and oxygen atoms in total. The summed E-state index contributed by atoms with van der Waals surface area (Å²) in [4.78, 5) is 18.5. The van der Waals surface area contributed by atoms with Crippen LogP contribution in [-0.4, -0.2) is 23.0 Å². The number of carbonyl (C=O) groups is 1. The van der Waals surface area contributed by atoms with Crippen molar-refractivity contribution in [3.05, 3.63) is 89.6 Å². The SMILES string of the molecule is CCc1ccc(CN(C)C(=O)Nc2cccc(CSc3ccccn3)c2)cc1. The summed E-state index contributed by atoms with van der Waals surface area (Å²) in [5.74, 6) is 0.806. The van der Waals surface area contributed by atoms with Crippen LogP contribution in [0.15, 0.2) is 78.0 Å². The quantitative estimate of drug-likeness (QED) is 0.533. The Bertz CT molecular complexity index is 897. The normalized spacial score (nSPS) is 10.5. The van der Waals surface area contributed by atoms with E-state index in [1.54, 1.807) is 22.9 Å². The van der Waals surface area contributed by atoms with Crippen LogP contribution in [-0.2, 0) is 18.7 Å². The minimum absolute atomic E-state index is 0.117. The number of urea groups is 1. The van der Waals surface area contributed by atoms with E-state index in [-0.39, 0.29) is 6.03 Å². The fraction of sp³-hybridized carbons (Fsp3) is 0.217. The minimum atomic E-state index is -0.117. The van der Waals surface area contributed by atoms with Crippen molar-refractivity contribution < 1.29 is 4.79 Å². The lowest BCUT2D eigenvalue weighted by Crippen LogP contribution is -2.30. The number of pyridine rings is 1. The van der Waals surface area contributed by atoms with E-state index in [9.17, 15) is 4.79 Å². The van der Waals surface area contributed by atoms with E-state index in [0.717, 1.165) is 34.0 Å². The van der Waals surface area contributed by atoms with Gasteiger partial charge in [-0.25, -0.2) is 9.78 Å². The van der Waals surface area contributed by atoms with Gasteiger partial charge in [0.2, 0.25) is 0 Å². The fourth-order valence-electron chi connectivity index (χ4n) is 2.77. The van der Waals surface area contributed by atoms with Crippen LogP contribution in [0, 0.1) is 0 Å². The van der Waals surface area contributed by atoms with Crippen LogP contribution < -0.4 is 5.32 Å². The van der Waals surface area contributed by atoms with Gasteiger partial charge < -0.3 is 10.2 Å². The molecule has 0 saturated carbocycles. The Hall–Kier alpha value is -2.79. The maximum absolute atomic E-state index is 12.5. The largest absolute Gasteiger partial charge is 0.323 e. The van der Waals surface area contributed by atoms with Gasteiger partial charge in [-0.2, -0.15) is 0 Å². The van der Waals surface area contributed by atoms with E-state index in [0.29, 0.717) is 6.54 Å². The summed E-state index contributed by atoms with van der Waals surface area (Å²) in [5.41, 5.74) is 4.37. The highest BCUT2D eigenvalue weighted by molar-refractivity contribution is 7.98. The van der Waals surface area contributed by atoms with Crippen molar-refractivity contribution in [3.8, 4) is 0 Å². The number of rotatable bonds is 7. The van der Waals surface area contributed by atoms with Crippen molar-refractivity contribution >= 4 is 23.5 Å². The second-order valence-electron chi connectivity index (χ2n) is 6.61. The minimum Gasteiger partial charge on any atom is -0.323 e. The van der Waals surface area contributed by atoms with Gasteiger partial charge in [0.15, 0.2) is 0 Å². The number of nitrogens with one attached hydrogen (secondary N) is 1. The lowest BCUT2D eigenvalue weighted by Gasteiger charge is -2.18. The highest BCUT2D eigenvalue weighted by atomic mass is 32.2. The topological polar surface area (TPSA) is 45.2 Å². The molecule has 0 fully saturated rings. The number of benzene rings is 2. The number of aryl methyl sites for hydroxylation is 1. The Morgan fingerprint density at radius 3 is 2.50 bits per heavy atom. The van der Waals surface area contributed by atoms with Crippen LogP contribution in [0.1, 0.15) is 23.6 Å². The van der Waals surface area contributed by atoms with Crippen LogP contribution in [0.3, 0.4) is 0 Å². The molecule has 2 amide bonds. The number of amides is 2. The highest BCUT2D eigenvalue weighted by Crippen LogP contribution is 2.22. The maximum atomic E-state index is 12.5. The third-order valence-electron chi connectivity index (χ3n) is 4.40. The van der Waals surface area contributed by atoms with Crippen molar-refractivity contribution in [2.45, 2.75) is 30.7 Å². The Kier molecular flexibility index (Phi) is 7.09. The molecule has 0 bridgehead atoms. The summed E-state index contributed by atoms with van der Waals surface area (Å²) in [6.07, 6.45) is 2.82. The summed E-state index contributed by atoms with van der Waals surface area (Å²) in [6.45, 7) is 2.71. The number of nitrogens with zero attached hydrogens (tertiary/aromatic N) is 2. The van der Waals surface area contributed by atoms with Gasteiger partial charge in [-0.05, 0) is 47.4 Å². The molecule has 0 aliphatic rings. The summed E-state index contributed by atoms with van der Waals surface area (Å²) >= 11 is 1.68. The predicted octanol–water partition coefficient (Wildman–Crippen LogP) is 5.60. The Balaban J connectivity index is 1.55. The molecule has 0 aliphatic heterocycles. The number of anilines is 1. The van der Waals surface area contributed by atoms with E-state index in [2.05, 4.69) is 47.6 Å². The van der Waals surface area contributed by atoms with Crippen molar-refractivity contribution in [1.82, 2.24) is 9.88 Å². The molecule has 0 aliphatic carbocycles. The maximum Gasteiger partial charge on any atom is 0.321 e. The zero-order chi connectivity index (χ0) is 19.8. The lowest BCUT2D eigenvalue weighted by atomic mass is 10.1. The predicted molar refractivity (Wildman–Crippen MR) is 117 cm³/mol. The van der Waals surface area contributed by atoms with Gasteiger partial charge in [0.1, 0.15) is 0 Å². The molecule has 144 valence electrons. The third kappa shape index (κ3) is 5.86. The van der Waals surface area contributed by atoms with E-state index in [4.69, 9.17) is 0 Å². The first kappa shape index (κ1) is 20.0. The monoisotopic (exact) mass is 391 g/mol. The summed E-state index contributed by atoms with van der Waals surface area (Å²) in [7, 11) is 1.81. The molecule has 0 radical (unpaired) electrons. The zero-order valence-corrected chi connectivity index (χ0v) is 17.1. The van der Waals surface area contributed by atoms with E-state index < -0.39 is 0 Å². The first-order chi connectivity index (χ1) is 13.6. The van der Waals surface area contributed by atoms with E-state index >= 15 is 0 Å². The molecule has 5 heteroatoms. The van der Waals surface area contributed by atoms with Gasteiger partial charge in [-0.1, -0.05) is 49.4 Å². The van der Waals surface area contributed by atoms with Crippen molar-refractivity contribution in [3.63, 3.8) is 0 Å². The van der Waals surface area contributed by atoms with Gasteiger partial charge in [0.05, 0.1) is 5.03 Å². The molecule has 1 aromatic heterocycles. The van der Waals surface area contributed by atoms with Crippen LogP contribution in [0.25, 0.3) is 0 Å². The van der Waals surface area contributed by atoms with Crippen molar-refractivity contribution in [1.29, 1.82) is 0 Å². The molecular weight excluding hydrogens is 366 g/mol. The zero-order valence-electron chi connectivity index (χ0n) is 16.3. The molecule has 3 rings (SSSR count). The molecule has 0 saturated heterocycles. The third-order valence-corrected chi connectivity index (χ3v) is 5.42. The smallest absolute Gasteiger partial charge is 0.321 e. The molecule has 28 heavy (non-hydrogen) atoms. The number of hydrogen-bond acceptors (Lipinski definition) is 3. The van der Waals surface area contributed by atoms with E-state index in [1.807, 2.05) is 43.4 Å². The van der Waals surface area contributed by atoms with Crippen molar-refractivity contribution in [2.24, 2.45) is 0 Å². The lowest BCUT2D eigenvalue weighted by molar-refractivity contribution is 0.220. The van der Waals surface area contributed by atoms with Crippen LogP contribution >= 0.6 is 11.8 Å². The molecular formula is C23H25N3OS. The fourth-order valence-corrected chi connectivity index (χ4v) is 3.58. The Morgan fingerprint density at radius 2 is 1.79 bits per heavy atom. The number of thioether (sulfide) groups is 1. The van der Waals surface area contributed by atoms with Gasteiger partial charge >= 0.3 is 6.03 Å². The number of hydrogen-bond donors (Lipinski definition) is 1. The number of carbonyl (C=O) groups excluding carboxylic acids is 1. The average Bonchev–Trinajstić information content (AvgIpc) is 2.74. The second kappa shape index (κ2) is 9.95. The molecule has 2 aromatic carbocycles. The second-order valence-corrected chi connectivity index (χ2v) is 7.61. The molecule has 0 spiro atoms. The van der Waals surface area contributed by atoms with Gasteiger partial charge in [-0.3, -0.25) is 0 Å². The van der Waals surface area contributed by atoms with Gasteiger partial charge in [-0.15, -0.1) is 11.8 Å². The molecule has 0 unspecified atom stereocenters. The highest BCUT2D eigenvalue weighted by Gasteiger charge is 2.10. The average molecular weight is 392 g/mol. The molecule has 1 heterocycles. The van der Waals surface area contributed by atoms with Crippen LogP contribution in [0.4, 0.5) is 10.5 Å². The van der Waals surface area contributed by atoms with Crippen molar-refractivity contribution in [2.75, 3.05) is 12.4 Å². The van der Waals surface area contributed by atoms with Crippen LogP contribution in [0.2, 0.25) is 0 Å². The Labute approximate surface area is 171 Å². The first-order valence-corrected chi connectivity index (χ1v) is 10.4.